The van der Waals surface area contributed by atoms with Crippen LogP contribution < -0.4 is 10.6 Å². The Kier molecular flexibility index (Phi) is 7.65. The van der Waals surface area contributed by atoms with E-state index in [1.54, 1.807) is 0 Å². The first-order valence-corrected chi connectivity index (χ1v) is 9.17. The van der Waals surface area contributed by atoms with Crippen molar-refractivity contribution >= 4 is 17.5 Å². The molecule has 2 N–H and O–H groups in total. The number of rotatable bonds is 8. The highest BCUT2D eigenvalue weighted by molar-refractivity contribution is 5.92. The zero-order valence-electron chi connectivity index (χ0n) is 16.7. The van der Waals surface area contributed by atoms with Crippen LogP contribution in [0.15, 0.2) is 24.3 Å². The molecule has 0 radical (unpaired) electrons. The third kappa shape index (κ3) is 8.71. The lowest BCUT2D eigenvalue weighted by molar-refractivity contribution is -0.123. The Labute approximate surface area is 152 Å². The Morgan fingerprint density at radius 1 is 0.960 bits per heavy atom. The predicted molar refractivity (Wildman–Crippen MR) is 104 cm³/mol. The second-order valence-corrected chi connectivity index (χ2v) is 8.81. The molecule has 4 heteroatoms. The van der Waals surface area contributed by atoms with E-state index in [0.717, 1.165) is 24.1 Å². The average molecular weight is 347 g/mol. The lowest BCUT2D eigenvalue weighted by atomic mass is 9.84. The maximum atomic E-state index is 12.4. The van der Waals surface area contributed by atoms with E-state index in [0.29, 0.717) is 19.4 Å². The molecule has 0 saturated carbocycles. The number of hydrogen-bond acceptors (Lipinski definition) is 2. The van der Waals surface area contributed by atoms with Crippen LogP contribution in [0.25, 0.3) is 0 Å². The smallest absolute Gasteiger partial charge is 0.224 e. The number of benzene rings is 1. The number of hydrogen-bond donors (Lipinski definition) is 2. The molecule has 4 nitrogen and oxygen atoms in total. The molecule has 0 unspecified atom stereocenters. The van der Waals surface area contributed by atoms with Crippen molar-refractivity contribution in [2.45, 2.75) is 73.8 Å². The van der Waals surface area contributed by atoms with Gasteiger partial charge in [-0.3, -0.25) is 9.59 Å². The molecule has 1 rings (SSSR count). The lowest BCUT2D eigenvalue weighted by Crippen LogP contribution is -2.28. The van der Waals surface area contributed by atoms with Gasteiger partial charge in [-0.1, -0.05) is 66.2 Å². The van der Waals surface area contributed by atoms with Crippen LogP contribution in [0.5, 0.6) is 0 Å². The Hall–Kier alpha value is -1.84. The summed E-state index contributed by atoms with van der Waals surface area (Å²) in [5.74, 6) is 0.0460. The first-order chi connectivity index (χ1) is 11.5. The quantitative estimate of drug-likeness (QED) is 0.704. The van der Waals surface area contributed by atoms with Crippen LogP contribution in [0.4, 0.5) is 5.69 Å². The van der Waals surface area contributed by atoms with Crippen LogP contribution in [-0.2, 0) is 16.1 Å². The van der Waals surface area contributed by atoms with Gasteiger partial charge in [-0.2, -0.15) is 0 Å². The summed E-state index contributed by atoms with van der Waals surface area (Å²) in [6, 6.07) is 7.63. The molecular weight excluding hydrogens is 312 g/mol. The van der Waals surface area contributed by atoms with Crippen LogP contribution in [0.1, 0.15) is 72.8 Å². The molecule has 0 aliphatic rings. The van der Waals surface area contributed by atoms with Crippen molar-refractivity contribution in [2.75, 3.05) is 5.32 Å². The zero-order valence-corrected chi connectivity index (χ0v) is 16.7. The van der Waals surface area contributed by atoms with Gasteiger partial charge in [0.1, 0.15) is 0 Å². The highest BCUT2D eigenvalue weighted by Crippen LogP contribution is 2.27. The van der Waals surface area contributed by atoms with Gasteiger partial charge in [0.25, 0.3) is 0 Å². The van der Waals surface area contributed by atoms with Crippen molar-refractivity contribution in [3.05, 3.63) is 29.8 Å². The molecule has 140 valence electrons. The lowest BCUT2D eigenvalue weighted by Gasteiger charge is -2.23. The van der Waals surface area contributed by atoms with Gasteiger partial charge in [0.05, 0.1) is 0 Å². The number of para-hydroxylation sites is 1. The van der Waals surface area contributed by atoms with E-state index in [4.69, 9.17) is 0 Å². The maximum Gasteiger partial charge on any atom is 0.224 e. The largest absolute Gasteiger partial charge is 0.352 e. The minimum Gasteiger partial charge on any atom is -0.352 e. The summed E-state index contributed by atoms with van der Waals surface area (Å²) < 4.78 is 0. The van der Waals surface area contributed by atoms with Crippen LogP contribution in [-0.4, -0.2) is 11.8 Å². The maximum absolute atomic E-state index is 12.4. The molecule has 0 fully saturated rings. The molecule has 2 amide bonds. The molecule has 1 aromatic carbocycles. The number of carbonyl (C=O) groups is 2. The van der Waals surface area contributed by atoms with Crippen molar-refractivity contribution in [1.82, 2.24) is 5.32 Å². The molecule has 0 aliphatic heterocycles. The summed E-state index contributed by atoms with van der Waals surface area (Å²) in [7, 11) is 0. The van der Waals surface area contributed by atoms with Crippen LogP contribution in [0.3, 0.4) is 0 Å². The third-order valence-corrected chi connectivity index (χ3v) is 4.02. The number of carbonyl (C=O) groups excluding carboxylic acids is 2. The molecule has 25 heavy (non-hydrogen) atoms. The third-order valence-electron chi connectivity index (χ3n) is 4.02. The monoisotopic (exact) mass is 346 g/mol. The Morgan fingerprint density at radius 3 is 2.20 bits per heavy atom. The van der Waals surface area contributed by atoms with Gasteiger partial charge in [-0.25, -0.2) is 0 Å². The summed E-state index contributed by atoms with van der Waals surface area (Å²) in [4.78, 5) is 24.4. The Morgan fingerprint density at radius 2 is 1.60 bits per heavy atom. The van der Waals surface area contributed by atoms with Gasteiger partial charge in [-0.05, 0) is 28.9 Å². The van der Waals surface area contributed by atoms with Crippen LogP contribution in [0.2, 0.25) is 0 Å². The highest BCUT2D eigenvalue weighted by atomic mass is 16.2. The van der Waals surface area contributed by atoms with Gasteiger partial charge in [0, 0.05) is 25.1 Å². The van der Waals surface area contributed by atoms with E-state index in [2.05, 4.69) is 31.4 Å². The number of amides is 2. The Balaban J connectivity index is 2.67. The SMILES string of the molecule is CCCC(C)(C)CC(=O)Nc1ccccc1CNC(=O)CC(C)(C)C. The topological polar surface area (TPSA) is 58.2 Å². The molecular formula is C21H34N2O2. The van der Waals surface area contributed by atoms with Gasteiger partial charge >= 0.3 is 0 Å². The van der Waals surface area contributed by atoms with E-state index < -0.39 is 0 Å². The standard InChI is InChI=1S/C21H34N2O2/c1-7-12-21(5,6)14-19(25)23-17-11-9-8-10-16(17)15-22-18(24)13-20(2,3)4/h8-11H,7,12-15H2,1-6H3,(H,22,24)(H,23,25). The van der Waals surface area contributed by atoms with Crippen molar-refractivity contribution < 1.29 is 9.59 Å². The van der Waals surface area contributed by atoms with Gasteiger partial charge in [0.2, 0.25) is 11.8 Å². The molecule has 1 aromatic rings. The number of nitrogens with one attached hydrogen (secondary N) is 2. The predicted octanol–water partition coefficient (Wildman–Crippen LogP) is 4.89. The summed E-state index contributed by atoms with van der Waals surface area (Å²) >= 11 is 0. The van der Waals surface area contributed by atoms with Crippen molar-refractivity contribution in [2.24, 2.45) is 10.8 Å². The van der Waals surface area contributed by atoms with Gasteiger partial charge in [0.15, 0.2) is 0 Å². The molecule has 0 bridgehead atoms. The van der Waals surface area contributed by atoms with E-state index in [9.17, 15) is 9.59 Å². The van der Waals surface area contributed by atoms with Crippen molar-refractivity contribution in [1.29, 1.82) is 0 Å². The second kappa shape index (κ2) is 9.02. The first kappa shape index (κ1) is 21.2. The first-order valence-electron chi connectivity index (χ1n) is 9.17. The van der Waals surface area contributed by atoms with Gasteiger partial charge in [-0.15, -0.1) is 0 Å². The summed E-state index contributed by atoms with van der Waals surface area (Å²) in [5.41, 5.74) is 1.65. The zero-order chi connectivity index (χ0) is 19.1. The minimum atomic E-state index is -0.0390. The molecule has 0 saturated heterocycles. The fourth-order valence-corrected chi connectivity index (χ4v) is 2.93. The summed E-state index contributed by atoms with van der Waals surface area (Å²) in [6.45, 7) is 12.9. The second-order valence-electron chi connectivity index (χ2n) is 8.81. The molecule has 0 aliphatic carbocycles. The van der Waals surface area contributed by atoms with E-state index in [1.807, 2.05) is 45.0 Å². The minimum absolute atomic E-state index is 0.00526. The normalized spacial score (nSPS) is 11.9. The fraction of sp³-hybridized carbons (Fsp3) is 0.619. The van der Waals surface area contributed by atoms with E-state index >= 15 is 0 Å². The molecule has 0 heterocycles. The molecule has 0 atom stereocenters. The van der Waals surface area contributed by atoms with Crippen LogP contribution in [0, 0.1) is 10.8 Å². The van der Waals surface area contributed by atoms with E-state index in [-0.39, 0.29) is 22.6 Å². The van der Waals surface area contributed by atoms with Crippen LogP contribution >= 0.6 is 0 Å². The summed E-state index contributed by atoms with van der Waals surface area (Å²) in [5, 5.41) is 5.95. The van der Waals surface area contributed by atoms with Crippen molar-refractivity contribution in [3.8, 4) is 0 Å². The van der Waals surface area contributed by atoms with E-state index in [1.165, 1.54) is 0 Å². The van der Waals surface area contributed by atoms with Gasteiger partial charge < -0.3 is 10.6 Å². The molecule has 0 spiro atoms. The highest BCUT2D eigenvalue weighted by Gasteiger charge is 2.21. The summed E-state index contributed by atoms with van der Waals surface area (Å²) in [6.07, 6.45) is 3.06. The Bertz CT molecular complexity index is 586. The molecule has 0 aromatic heterocycles. The average Bonchev–Trinajstić information content (AvgIpc) is 2.43. The fourth-order valence-electron chi connectivity index (χ4n) is 2.93. The van der Waals surface area contributed by atoms with Crippen molar-refractivity contribution in [3.63, 3.8) is 0 Å². The number of anilines is 1.